The van der Waals surface area contributed by atoms with Crippen molar-refractivity contribution < 1.29 is 4.74 Å². The van der Waals surface area contributed by atoms with Gasteiger partial charge in [-0.25, -0.2) is 4.98 Å². The van der Waals surface area contributed by atoms with E-state index < -0.39 is 0 Å². The van der Waals surface area contributed by atoms with Crippen LogP contribution in [0.25, 0.3) is 21.7 Å². The van der Waals surface area contributed by atoms with E-state index >= 15 is 0 Å². The summed E-state index contributed by atoms with van der Waals surface area (Å²) in [7, 11) is 1.65. The number of nitrogens with two attached hydrogens (primary N) is 1. The molecule has 92 valence electrons. The molecule has 0 aliphatic carbocycles. The van der Waals surface area contributed by atoms with Crippen LogP contribution in [-0.2, 0) is 0 Å². The number of nitrogens with one attached hydrogen (secondary N) is 1. The molecule has 5 heteroatoms. The van der Waals surface area contributed by atoms with E-state index in [0.29, 0.717) is 0 Å². The minimum atomic E-state index is 0.797. The van der Waals surface area contributed by atoms with Gasteiger partial charge in [0.15, 0.2) is 5.82 Å². The van der Waals surface area contributed by atoms with Crippen molar-refractivity contribution in [2.45, 2.75) is 6.92 Å². The lowest BCUT2D eigenvalue weighted by Gasteiger charge is -1.96. The molecule has 1 aromatic carbocycles. The molecule has 0 saturated carbocycles. The summed E-state index contributed by atoms with van der Waals surface area (Å²) in [5, 5.41) is 2.04. The fourth-order valence-electron chi connectivity index (χ4n) is 1.86. The molecule has 2 aromatic heterocycles. The topological polar surface area (TPSA) is 63.9 Å². The first-order valence-electron chi connectivity index (χ1n) is 5.56. The summed E-state index contributed by atoms with van der Waals surface area (Å²) in [6.45, 7) is 2.00. The molecular weight excluding hydrogens is 246 g/mol. The van der Waals surface area contributed by atoms with Crippen LogP contribution >= 0.6 is 11.3 Å². The van der Waals surface area contributed by atoms with E-state index in [1.807, 2.05) is 30.5 Å². The van der Waals surface area contributed by atoms with Crippen molar-refractivity contribution in [2.24, 2.45) is 0 Å². The molecule has 3 rings (SSSR count). The van der Waals surface area contributed by atoms with Gasteiger partial charge in [0.05, 0.1) is 28.7 Å². The Morgan fingerprint density at radius 1 is 1.39 bits per heavy atom. The van der Waals surface area contributed by atoms with Gasteiger partial charge in [0, 0.05) is 6.07 Å². The number of hydrogen-bond donors (Lipinski definition) is 2. The highest BCUT2D eigenvalue weighted by atomic mass is 32.1. The average Bonchev–Trinajstić information content (AvgIpc) is 2.93. The van der Waals surface area contributed by atoms with Gasteiger partial charge in [0.25, 0.3) is 0 Å². The molecule has 4 nitrogen and oxygen atoms in total. The molecule has 3 aromatic rings. The summed E-state index contributed by atoms with van der Waals surface area (Å²) in [4.78, 5) is 8.82. The van der Waals surface area contributed by atoms with E-state index in [1.165, 1.54) is 0 Å². The molecule has 0 radical (unpaired) electrons. The van der Waals surface area contributed by atoms with E-state index in [2.05, 4.69) is 9.97 Å². The second kappa shape index (κ2) is 4.03. The first-order chi connectivity index (χ1) is 8.69. The Bertz CT molecular complexity index is 714. The van der Waals surface area contributed by atoms with Crippen LogP contribution in [0.5, 0.6) is 5.75 Å². The smallest absolute Gasteiger partial charge is 0.150 e. The largest absolute Gasteiger partial charge is 0.497 e. The number of H-pyrrole nitrogens is 1. The minimum absolute atomic E-state index is 0.797. The van der Waals surface area contributed by atoms with Crippen LogP contribution in [0.3, 0.4) is 0 Å². The van der Waals surface area contributed by atoms with Crippen LogP contribution in [0.4, 0.5) is 5.69 Å². The summed E-state index contributed by atoms with van der Waals surface area (Å²) in [6, 6.07) is 5.77. The number of nitrogen functional groups attached to an aromatic ring is 1. The van der Waals surface area contributed by atoms with Crippen molar-refractivity contribution in [1.29, 1.82) is 0 Å². The number of aryl methyl sites for hydroxylation is 1. The van der Waals surface area contributed by atoms with Crippen molar-refractivity contribution in [3.8, 4) is 16.5 Å². The highest BCUT2D eigenvalue weighted by Crippen LogP contribution is 2.34. The SMILES string of the molecule is COc1ccc2nc(-c3scc(C)c3N)[nH]c2c1. The molecule has 0 bridgehead atoms. The first-order valence-corrected chi connectivity index (χ1v) is 6.44. The van der Waals surface area contributed by atoms with Crippen molar-refractivity contribution in [2.75, 3.05) is 12.8 Å². The molecule has 18 heavy (non-hydrogen) atoms. The van der Waals surface area contributed by atoms with Gasteiger partial charge in [0.2, 0.25) is 0 Å². The predicted molar refractivity (Wildman–Crippen MR) is 75.1 cm³/mol. The van der Waals surface area contributed by atoms with E-state index in [0.717, 1.165) is 38.7 Å². The number of nitrogens with zero attached hydrogens (tertiary/aromatic N) is 1. The maximum absolute atomic E-state index is 6.04. The highest BCUT2D eigenvalue weighted by Gasteiger charge is 2.12. The second-order valence-corrected chi connectivity index (χ2v) is 5.01. The van der Waals surface area contributed by atoms with Crippen LogP contribution in [0, 0.1) is 6.92 Å². The third kappa shape index (κ3) is 1.64. The lowest BCUT2D eigenvalue weighted by Crippen LogP contribution is -1.87. The number of thiophene rings is 1. The molecule has 2 heterocycles. The lowest BCUT2D eigenvalue weighted by molar-refractivity contribution is 0.415. The zero-order chi connectivity index (χ0) is 12.7. The number of hydrogen-bond acceptors (Lipinski definition) is 4. The zero-order valence-electron chi connectivity index (χ0n) is 10.2. The van der Waals surface area contributed by atoms with Gasteiger partial charge in [-0.05, 0) is 30.0 Å². The number of rotatable bonds is 2. The normalized spacial score (nSPS) is 11.0. The number of aromatic amines is 1. The Hall–Kier alpha value is -2.01. The molecule has 0 atom stereocenters. The molecule has 0 aliphatic rings. The predicted octanol–water partition coefficient (Wildman–Crippen LogP) is 3.19. The molecule has 0 aliphatic heterocycles. The van der Waals surface area contributed by atoms with Gasteiger partial charge in [-0.15, -0.1) is 11.3 Å². The van der Waals surface area contributed by atoms with Crippen LogP contribution in [0.15, 0.2) is 23.6 Å². The third-order valence-corrected chi connectivity index (χ3v) is 4.05. The molecular formula is C13H13N3OS. The van der Waals surface area contributed by atoms with Gasteiger partial charge in [-0.1, -0.05) is 0 Å². The number of imidazole rings is 1. The number of methoxy groups -OCH3 is 1. The van der Waals surface area contributed by atoms with Crippen LogP contribution in [0.2, 0.25) is 0 Å². The van der Waals surface area contributed by atoms with Crippen molar-refractivity contribution >= 4 is 28.1 Å². The van der Waals surface area contributed by atoms with Crippen molar-refractivity contribution in [1.82, 2.24) is 9.97 Å². The average molecular weight is 259 g/mol. The molecule has 0 saturated heterocycles. The van der Waals surface area contributed by atoms with Gasteiger partial charge in [-0.3, -0.25) is 0 Å². The van der Waals surface area contributed by atoms with Gasteiger partial charge in [-0.2, -0.15) is 0 Å². The lowest BCUT2D eigenvalue weighted by atomic mass is 10.3. The summed E-state index contributed by atoms with van der Waals surface area (Å²) in [5.74, 6) is 1.63. The van der Waals surface area contributed by atoms with Crippen LogP contribution in [-0.4, -0.2) is 17.1 Å². The summed E-state index contributed by atoms with van der Waals surface area (Å²) in [5.41, 5.74) is 9.79. The quantitative estimate of drug-likeness (QED) is 0.743. The van der Waals surface area contributed by atoms with Gasteiger partial charge < -0.3 is 15.5 Å². The minimum Gasteiger partial charge on any atom is -0.497 e. The van der Waals surface area contributed by atoms with Gasteiger partial charge in [0.1, 0.15) is 5.75 Å². The Morgan fingerprint density at radius 2 is 2.22 bits per heavy atom. The number of aromatic nitrogens is 2. The van der Waals surface area contributed by atoms with Gasteiger partial charge >= 0.3 is 0 Å². The molecule has 0 fully saturated rings. The molecule has 0 amide bonds. The van der Waals surface area contributed by atoms with Crippen LogP contribution < -0.4 is 10.5 Å². The van der Waals surface area contributed by atoms with Crippen LogP contribution in [0.1, 0.15) is 5.56 Å². The first kappa shape index (κ1) is 11.1. The summed E-state index contributed by atoms with van der Waals surface area (Å²) in [6.07, 6.45) is 0. The van der Waals surface area contributed by atoms with E-state index in [4.69, 9.17) is 10.5 Å². The summed E-state index contributed by atoms with van der Waals surface area (Å²) >= 11 is 1.60. The standard InChI is InChI=1S/C13H13N3OS/c1-7-6-18-12(11(7)14)13-15-9-4-3-8(17-2)5-10(9)16-13/h3-6H,14H2,1-2H3,(H,15,16). The third-order valence-electron chi connectivity index (χ3n) is 2.93. The summed E-state index contributed by atoms with van der Waals surface area (Å²) < 4.78 is 5.20. The number of fused-ring (bicyclic) bond motifs is 1. The Kier molecular flexibility index (Phi) is 2.48. The van der Waals surface area contributed by atoms with E-state index in [9.17, 15) is 0 Å². The maximum atomic E-state index is 6.04. The maximum Gasteiger partial charge on any atom is 0.150 e. The fourth-order valence-corrected chi connectivity index (χ4v) is 2.78. The highest BCUT2D eigenvalue weighted by molar-refractivity contribution is 7.14. The molecule has 0 unspecified atom stereocenters. The Labute approximate surface area is 108 Å². The Morgan fingerprint density at radius 3 is 2.89 bits per heavy atom. The zero-order valence-corrected chi connectivity index (χ0v) is 11.0. The van der Waals surface area contributed by atoms with E-state index in [1.54, 1.807) is 18.4 Å². The number of ether oxygens (including phenoxy) is 1. The van der Waals surface area contributed by atoms with E-state index in [-0.39, 0.29) is 0 Å². The fraction of sp³-hybridized carbons (Fsp3) is 0.154. The van der Waals surface area contributed by atoms with Crippen molar-refractivity contribution in [3.63, 3.8) is 0 Å². The molecule has 0 spiro atoms. The monoisotopic (exact) mass is 259 g/mol. The molecule has 3 N–H and O–H groups in total. The number of benzene rings is 1. The second-order valence-electron chi connectivity index (χ2n) is 4.13. The van der Waals surface area contributed by atoms with Crippen molar-refractivity contribution in [3.05, 3.63) is 29.1 Å². The Balaban J connectivity index is 2.16. The number of anilines is 1.